The zero-order chi connectivity index (χ0) is 18.4. The Hall–Kier alpha value is -3.11. The summed E-state index contributed by atoms with van der Waals surface area (Å²) < 4.78 is 10.9. The number of hydrogen-bond acceptors (Lipinski definition) is 4. The number of halogens is 1. The molecule has 0 N–H and O–H groups in total. The van der Waals surface area contributed by atoms with Crippen LogP contribution < -0.4 is 0 Å². The zero-order valence-electron chi connectivity index (χ0n) is 13.7. The van der Waals surface area contributed by atoms with E-state index in [4.69, 9.17) is 21.1 Å². The van der Waals surface area contributed by atoms with Crippen LogP contribution in [0.3, 0.4) is 0 Å². The number of rotatable bonds is 5. The Labute approximate surface area is 155 Å². The Kier molecular flexibility index (Phi) is 5.66. The standard InChI is InChI=1S/C21H15ClO4/c22-18-13-11-17(12-14-18)21(25-19(23)15-7-3-1-4-8-15)26-20(24)16-9-5-2-6-10-16/h1-14,21H. The summed E-state index contributed by atoms with van der Waals surface area (Å²) >= 11 is 5.90. The monoisotopic (exact) mass is 366 g/mol. The van der Waals surface area contributed by atoms with Crippen molar-refractivity contribution < 1.29 is 19.1 Å². The first-order chi connectivity index (χ1) is 12.6. The maximum absolute atomic E-state index is 12.4. The molecule has 0 saturated carbocycles. The molecule has 5 heteroatoms. The van der Waals surface area contributed by atoms with E-state index in [2.05, 4.69) is 0 Å². The summed E-state index contributed by atoms with van der Waals surface area (Å²) in [6, 6.07) is 23.6. The maximum Gasteiger partial charge on any atom is 0.341 e. The summed E-state index contributed by atoms with van der Waals surface area (Å²) in [5, 5.41) is 0.524. The molecule has 26 heavy (non-hydrogen) atoms. The van der Waals surface area contributed by atoms with Gasteiger partial charge in [-0.1, -0.05) is 60.1 Å². The summed E-state index contributed by atoms with van der Waals surface area (Å²) in [5.41, 5.74) is 1.23. The van der Waals surface area contributed by atoms with E-state index in [0.717, 1.165) is 0 Å². The van der Waals surface area contributed by atoms with Crippen molar-refractivity contribution in [2.24, 2.45) is 0 Å². The highest BCUT2D eigenvalue weighted by Crippen LogP contribution is 2.24. The van der Waals surface area contributed by atoms with Gasteiger partial charge < -0.3 is 9.47 Å². The van der Waals surface area contributed by atoms with E-state index < -0.39 is 18.2 Å². The molecule has 0 radical (unpaired) electrons. The summed E-state index contributed by atoms with van der Waals surface area (Å²) in [5.74, 6) is -1.18. The molecular weight excluding hydrogens is 352 g/mol. The lowest BCUT2D eigenvalue weighted by atomic mass is 10.2. The Balaban J connectivity index is 1.83. The van der Waals surface area contributed by atoms with Crippen molar-refractivity contribution in [1.29, 1.82) is 0 Å². The van der Waals surface area contributed by atoms with Gasteiger partial charge in [-0.25, -0.2) is 9.59 Å². The number of ether oxygens (including phenoxy) is 2. The first-order valence-electron chi connectivity index (χ1n) is 7.91. The zero-order valence-corrected chi connectivity index (χ0v) is 14.4. The van der Waals surface area contributed by atoms with Crippen LogP contribution in [0.1, 0.15) is 32.6 Å². The third kappa shape index (κ3) is 4.49. The fourth-order valence-electron chi connectivity index (χ4n) is 2.26. The van der Waals surface area contributed by atoms with E-state index in [1.165, 1.54) is 0 Å². The molecule has 0 amide bonds. The Morgan fingerprint density at radius 2 is 1.08 bits per heavy atom. The second-order valence-electron chi connectivity index (χ2n) is 5.43. The van der Waals surface area contributed by atoms with Crippen LogP contribution in [0.15, 0.2) is 84.9 Å². The molecule has 0 fully saturated rings. The first-order valence-corrected chi connectivity index (χ1v) is 8.29. The van der Waals surface area contributed by atoms with Crippen LogP contribution in [0.2, 0.25) is 5.02 Å². The van der Waals surface area contributed by atoms with Gasteiger partial charge in [-0.15, -0.1) is 0 Å². The van der Waals surface area contributed by atoms with E-state index >= 15 is 0 Å². The molecule has 0 saturated heterocycles. The van der Waals surface area contributed by atoms with Gasteiger partial charge in [0.15, 0.2) is 0 Å². The fourth-order valence-corrected chi connectivity index (χ4v) is 2.39. The molecule has 3 rings (SSSR count). The van der Waals surface area contributed by atoms with E-state index in [9.17, 15) is 9.59 Å². The van der Waals surface area contributed by atoms with Crippen molar-refractivity contribution in [3.8, 4) is 0 Å². The predicted molar refractivity (Wildman–Crippen MR) is 97.9 cm³/mol. The third-order valence-corrected chi connectivity index (χ3v) is 3.84. The van der Waals surface area contributed by atoms with Gasteiger partial charge in [-0.2, -0.15) is 0 Å². The van der Waals surface area contributed by atoms with Crippen molar-refractivity contribution in [3.05, 3.63) is 107 Å². The van der Waals surface area contributed by atoms with E-state index in [1.54, 1.807) is 84.9 Å². The summed E-state index contributed by atoms with van der Waals surface area (Å²) in [4.78, 5) is 24.7. The molecule has 0 aliphatic rings. The summed E-state index contributed by atoms with van der Waals surface area (Å²) in [6.45, 7) is 0. The van der Waals surface area contributed by atoms with E-state index in [1.807, 2.05) is 0 Å². The average molecular weight is 367 g/mol. The summed E-state index contributed by atoms with van der Waals surface area (Å²) in [7, 11) is 0. The average Bonchev–Trinajstić information content (AvgIpc) is 2.69. The highest BCUT2D eigenvalue weighted by Gasteiger charge is 2.23. The van der Waals surface area contributed by atoms with Crippen molar-refractivity contribution in [1.82, 2.24) is 0 Å². The van der Waals surface area contributed by atoms with Crippen LogP contribution in [0.25, 0.3) is 0 Å². The lowest BCUT2D eigenvalue weighted by molar-refractivity contribution is -0.0823. The largest absolute Gasteiger partial charge is 0.417 e. The van der Waals surface area contributed by atoms with Gasteiger partial charge in [-0.05, 0) is 36.4 Å². The molecule has 0 aliphatic heterocycles. The first kappa shape index (κ1) is 17.7. The number of carbonyl (C=O) groups excluding carboxylic acids is 2. The van der Waals surface area contributed by atoms with Crippen LogP contribution in [0, 0.1) is 0 Å². The summed E-state index contributed by atoms with van der Waals surface area (Å²) in [6.07, 6.45) is -1.19. The maximum atomic E-state index is 12.4. The molecule has 130 valence electrons. The molecule has 0 heterocycles. The molecule has 3 aromatic carbocycles. The minimum Gasteiger partial charge on any atom is -0.417 e. The number of esters is 2. The number of carbonyl (C=O) groups is 2. The number of benzene rings is 3. The molecule has 0 spiro atoms. The molecule has 3 aromatic rings. The van der Waals surface area contributed by atoms with Crippen LogP contribution in [-0.4, -0.2) is 11.9 Å². The van der Waals surface area contributed by atoms with Gasteiger partial charge in [0.25, 0.3) is 6.29 Å². The van der Waals surface area contributed by atoms with Gasteiger partial charge in [0, 0.05) is 10.6 Å². The Morgan fingerprint density at radius 1 is 0.654 bits per heavy atom. The van der Waals surface area contributed by atoms with Gasteiger partial charge in [0.1, 0.15) is 0 Å². The smallest absolute Gasteiger partial charge is 0.341 e. The topological polar surface area (TPSA) is 52.6 Å². The van der Waals surface area contributed by atoms with E-state index in [-0.39, 0.29) is 0 Å². The lowest BCUT2D eigenvalue weighted by Gasteiger charge is -2.19. The van der Waals surface area contributed by atoms with Crippen molar-refractivity contribution in [3.63, 3.8) is 0 Å². The predicted octanol–water partition coefficient (Wildman–Crippen LogP) is 5.05. The van der Waals surface area contributed by atoms with Crippen LogP contribution in [-0.2, 0) is 9.47 Å². The van der Waals surface area contributed by atoms with Crippen molar-refractivity contribution in [2.45, 2.75) is 6.29 Å². The second-order valence-corrected chi connectivity index (χ2v) is 5.86. The third-order valence-electron chi connectivity index (χ3n) is 3.59. The molecule has 0 unspecified atom stereocenters. The van der Waals surface area contributed by atoms with Gasteiger partial charge in [0.05, 0.1) is 11.1 Å². The van der Waals surface area contributed by atoms with Crippen LogP contribution in [0.4, 0.5) is 0 Å². The molecule has 0 aliphatic carbocycles. The van der Waals surface area contributed by atoms with Gasteiger partial charge in [-0.3, -0.25) is 0 Å². The SMILES string of the molecule is O=C(OC(OC(=O)c1ccccc1)c1ccc(Cl)cc1)c1ccccc1. The molecule has 0 atom stereocenters. The van der Waals surface area contributed by atoms with Crippen molar-refractivity contribution >= 4 is 23.5 Å². The fraction of sp³-hybridized carbons (Fsp3) is 0.0476. The Morgan fingerprint density at radius 3 is 1.50 bits per heavy atom. The van der Waals surface area contributed by atoms with Gasteiger partial charge in [0.2, 0.25) is 0 Å². The highest BCUT2D eigenvalue weighted by atomic mass is 35.5. The second kappa shape index (κ2) is 8.32. The molecular formula is C21H15ClO4. The number of hydrogen-bond donors (Lipinski definition) is 0. The minimum absolute atomic E-state index is 0.363. The quantitative estimate of drug-likeness (QED) is 0.468. The lowest BCUT2D eigenvalue weighted by Crippen LogP contribution is -2.18. The molecule has 4 nitrogen and oxygen atoms in total. The van der Waals surface area contributed by atoms with Crippen LogP contribution in [0.5, 0.6) is 0 Å². The van der Waals surface area contributed by atoms with Gasteiger partial charge >= 0.3 is 11.9 Å². The normalized spacial score (nSPS) is 10.4. The van der Waals surface area contributed by atoms with Crippen molar-refractivity contribution in [2.75, 3.05) is 0 Å². The molecule has 0 aromatic heterocycles. The van der Waals surface area contributed by atoms with Crippen LogP contribution >= 0.6 is 11.6 Å². The van der Waals surface area contributed by atoms with E-state index in [0.29, 0.717) is 21.7 Å². The Bertz CT molecular complexity index is 823. The molecule has 0 bridgehead atoms. The highest BCUT2D eigenvalue weighted by molar-refractivity contribution is 6.30. The minimum atomic E-state index is -1.19.